The number of ether oxygens (including phenoxy) is 2. The van der Waals surface area contributed by atoms with Crippen LogP contribution >= 0.6 is 0 Å². The summed E-state index contributed by atoms with van der Waals surface area (Å²) in [6, 6.07) is 15.0. The number of carbonyl (C=O) groups excluding carboxylic acids is 2. The van der Waals surface area contributed by atoms with Crippen molar-refractivity contribution in [1.82, 2.24) is 10.6 Å². The normalized spacial score (nSPS) is 13.6. The number of carboxylic acid groups (broad SMARTS) is 1. The first-order valence-corrected chi connectivity index (χ1v) is 10.4. The molecule has 1 unspecified atom stereocenters. The third kappa shape index (κ3) is 5.45. The summed E-state index contributed by atoms with van der Waals surface area (Å²) in [6.07, 6.45) is -0.617. The number of aliphatic carboxylic acids is 1. The molecule has 0 saturated heterocycles. The summed E-state index contributed by atoms with van der Waals surface area (Å²) in [5.74, 6) is -1.90. The molecule has 3 N–H and O–H groups in total. The minimum Gasteiger partial charge on any atom is -0.480 e. The Labute approximate surface area is 186 Å². The topological polar surface area (TPSA) is 114 Å². The van der Waals surface area contributed by atoms with E-state index in [1.54, 1.807) is 13.8 Å². The molecule has 170 valence electrons. The first-order valence-electron chi connectivity index (χ1n) is 10.4. The number of alkyl carbamates (subject to hydrolysis) is 1. The Morgan fingerprint density at radius 3 is 2.12 bits per heavy atom. The van der Waals surface area contributed by atoms with E-state index in [1.807, 2.05) is 48.5 Å². The fraction of sp³-hybridized carbons (Fsp3) is 0.375. The Kier molecular flexibility index (Phi) is 7.15. The van der Waals surface area contributed by atoms with Crippen molar-refractivity contribution in [3.63, 3.8) is 0 Å². The van der Waals surface area contributed by atoms with E-state index in [4.69, 9.17) is 14.6 Å². The van der Waals surface area contributed by atoms with Gasteiger partial charge in [-0.2, -0.15) is 0 Å². The first-order chi connectivity index (χ1) is 15.2. The van der Waals surface area contributed by atoms with Gasteiger partial charge in [0.2, 0.25) is 5.91 Å². The van der Waals surface area contributed by atoms with Crippen LogP contribution in [0.15, 0.2) is 48.5 Å². The molecule has 0 aliphatic heterocycles. The quantitative estimate of drug-likeness (QED) is 0.553. The van der Waals surface area contributed by atoms with Gasteiger partial charge in [0.1, 0.15) is 19.2 Å². The van der Waals surface area contributed by atoms with Gasteiger partial charge in [0.25, 0.3) is 0 Å². The van der Waals surface area contributed by atoms with Crippen molar-refractivity contribution in [1.29, 1.82) is 0 Å². The lowest BCUT2D eigenvalue weighted by Gasteiger charge is -2.28. The van der Waals surface area contributed by atoms with E-state index in [-0.39, 0.29) is 18.9 Å². The van der Waals surface area contributed by atoms with Crippen molar-refractivity contribution >= 4 is 18.0 Å². The average Bonchev–Trinajstić information content (AvgIpc) is 3.09. The van der Waals surface area contributed by atoms with Crippen LogP contribution in [0.1, 0.15) is 37.3 Å². The van der Waals surface area contributed by atoms with Gasteiger partial charge in [-0.3, -0.25) is 9.59 Å². The fourth-order valence-electron chi connectivity index (χ4n) is 3.85. The van der Waals surface area contributed by atoms with Gasteiger partial charge >= 0.3 is 12.1 Å². The van der Waals surface area contributed by atoms with Crippen LogP contribution in [-0.4, -0.2) is 55.0 Å². The Balaban J connectivity index is 1.68. The molecule has 1 atom stereocenters. The van der Waals surface area contributed by atoms with Crippen molar-refractivity contribution in [3.8, 4) is 11.1 Å². The number of carbonyl (C=O) groups is 3. The molecular weight excluding hydrogens is 412 g/mol. The molecule has 1 aliphatic carbocycles. The number of nitrogens with one attached hydrogen (secondary N) is 2. The van der Waals surface area contributed by atoms with Crippen LogP contribution in [0.2, 0.25) is 0 Å². The second-order valence-electron chi connectivity index (χ2n) is 8.30. The highest BCUT2D eigenvalue weighted by Gasteiger charge is 2.32. The van der Waals surface area contributed by atoms with E-state index in [0.717, 1.165) is 22.3 Å². The van der Waals surface area contributed by atoms with E-state index >= 15 is 0 Å². The predicted molar refractivity (Wildman–Crippen MR) is 118 cm³/mol. The van der Waals surface area contributed by atoms with E-state index in [9.17, 15) is 14.4 Å². The van der Waals surface area contributed by atoms with Crippen LogP contribution in [0.5, 0.6) is 0 Å². The number of methoxy groups -OCH3 is 1. The zero-order valence-electron chi connectivity index (χ0n) is 18.4. The van der Waals surface area contributed by atoms with Crippen molar-refractivity contribution < 1.29 is 29.0 Å². The number of benzene rings is 2. The molecule has 32 heavy (non-hydrogen) atoms. The molecule has 8 nitrogen and oxygen atoms in total. The third-order valence-electron chi connectivity index (χ3n) is 5.61. The number of rotatable bonds is 9. The van der Waals surface area contributed by atoms with Gasteiger partial charge in [-0.1, -0.05) is 48.5 Å². The van der Waals surface area contributed by atoms with Crippen LogP contribution in [0.3, 0.4) is 0 Å². The van der Waals surface area contributed by atoms with Crippen molar-refractivity contribution in [2.45, 2.75) is 37.8 Å². The molecule has 0 aromatic heterocycles. The summed E-state index contributed by atoms with van der Waals surface area (Å²) in [5, 5.41) is 13.7. The highest BCUT2D eigenvalue weighted by molar-refractivity contribution is 5.88. The molecule has 0 heterocycles. The maximum Gasteiger partial charge on any atom is 0.407 e. The molecule has 0 radical (unpaired) electrons. The molecule has 2 aromatic carbocycles. The van der Waals surface area contributed by atoms with E-state index in [1.165, 1.54) is 7.11 Å². The lowest BCUT2D eigenvalue weighted by Crippen LogP contribution is -2.51. The Morgan fingerprint density at radius 2 is 1.59 bits per heavy atom. The highest BCUT2D eigenvalue weighted by atomic mass is 16.5. The Morgan fingerprint density at radius 1 is 1.03 bits per heavy atom. The number of carboxylic acids is 1. The molecule has 0 bridgehead atoms. The smallest absolute Gasteiger partial charge is 0.407 e. The fourth-order valence-corrected chi connectivity index (χ4v) is 3.85. The van der Waals surface area contributed by atoms with Gasteiger partial charge in [0.05, 0.1) is 5.60 Å². The lowest BCUT2D eigenvalue weighted by molar-refractivity contribution is -0.138. The van der Waals surface area contributed by atoms with E-state index in [2.05, 4.69) is 10.6 Å². The molecule has 1 aliphatic rings. The Hall–Kier alpha value is -3.39. The van der Waals surface area contributed by atoms with Crippen molar-refractivity contribution in [2.24, 2.45) is 0 Å². The third-order valence-corrected chi connectivity index (χ3v) is 5.61. The number of amides is 2. The molecular formula is C24H28N2O6. The van der Waals surface area contributed by atoms with Crippen molar-refractivity contribution in [3.05, 3.63) is 59.7 Å². The largest absolute Gasteiger partial charge is 0.480 e. The molecule has 0 spiro atoms. The van der Waals surface area contributed by atoms with Crippen LogP contribution in [-0.2, 0) is 19.1 Å². The minimum absolute atomic E-state index is 0.108. The summed E-state index contributed by atoms with van der Waals surface area (Å²) < 4.78 is 10.9. The van der Waals surface area contributed by atoms with Crippen LogP contribution in [0, 0.1) is 0 Å². The standard InChI is InChI=1S/C24H28N2O6/c1-24(2,31-3)12-20(22(29)25-13-21(27)28)26-23(30)32-14-19-17-10-6-4-8-15(17)16-9-5-7-11-18(16)19/h4-11,19-20H,12-14H2,1-3H3,(H,25,29)(H,26,30)(H,27,28). The molecule has 8 heteroatoms. The minimum atomic E-state index is -1.18. The number of hydrogen-bond donors (Lipinski definition) is 3. The Bertz CT molecular complexity index is 958. The number of fused-ring (bicyclic) bond motifs is 3. The maximum absolute atomic E-state index is 12.6. The van der Waals surface area contributed by atoms with E-state index < -0.39 is 36.2 Å². The molecule has 2 aromatic rings. The van der Waals surface area contributed by atoms with Crippen LogP contribution in [0.4, 0.5) is 4.79 Å². The summed E-state index contributed by atoms with van der Waals surface area (Å²) in [6.45, 7) is 3.10. The van der Waals surface area contributed by atoms with Gasteiger partial charge in [-0.15, -0.1) is 0 Å². The molecule has 2 amide bonds. The van der Waals surface area contributed by atoms with Gasteiger partial charge < -0.3 is 25.2 Å². The first kappa shape index (κ1) is 23.3. The average molecular weight is 440 g/mol. The summed E-state index contributed by atoms with van der Waals surface area (Å²) in [5.41, 5.74) is 3.67. The van der Waals surface area contributed by atoms with Crippen LogP contribution in [0.25, 0.3) is 11.1 Å². The predicted octanol–water partition coefficient (Wildman–Crippen LogP) is 2.91. The second kappa shape index (κ2) is 9.82. The summed E-state index contributed by atoms with van der Waals surface area (Å²) >= 11 is 0. The zero-order chi connectivity index (χ0) is 23.3. The van der Waals surface area contributed by atoms with Crippen molar-refractivity contribution in [2.75, 3.05) is 20.3 Å². The van der Waals surface area contributed by atoms with Gasteiger partial charge in [-0.25, -0.2) is 4.79 Å². The molecule has 0 fully saturated rings. The summed E-state index contributed by atoms with van der Waals surface area (Å²) in [7, 11) is 1.50. The van der Waals surface area contributed by atoms with Gasteiger partial charge in [0.15, 0.2) is 0 Å². The lowest BCUT2D eigenvalue weighted by atomic mass is 9.98. The van der Waals surface area contributed by atoms with Crippen LogP contribution < -0.4 is 10.6 Å². The van der Waals surface area contributed by atoms with Gasteiger partial charge in [0, 0.05) is 19.4 Å². The molecule has 0 saturated carbocycles. The maximum atomic E-state index is 12.6. The zero-order valence-corrected chi connectivity index (χ0v) is 18.4. The highest BCUT2D eigenvalue weighted by Crippen LogP contribution is 2.44. The number of hydrogen-bond acceptors (Lipinski definition) is 5. The second-order valence-corrected chi connectivity index (χ2v) is 8.30. The molecule has 3 rings (SSSR count). The summed E-state index contributed by atoms with van der Waals surface area (Å²) in [4.78, 5) is 35.8. The van der Waals surface area contributed by atoms with E-state index in [0.29, 0.717) is 0 Å². The van der Waals surface area contributed by atoms with Gasteiger partial charge in [-0.05, 0) is 36.1 Å². The monoisotopic (exact) mass is 440 g/mol. The SMILES string of the molecule is COC(C)(C)CC(NC(=O)OCC1c2ccccc2-c2ccccc21)C(=O)NCC(=O)O.